The first-order valence-corrected chi connectivity index (χ1v) is 10.4. The number of carbonyl (C=O) groups is 1. The molecule has 0 unspecified atom stereocenters. The van der Waals surface area contributed by atoms with E-state index in [2.05, 4.69) is 10.3 Å². The molecule has 0 bridgehead atoms. The summed E-state index contributed by atoms with van der Waals surface area (Å²) in [5, 5.41) is 3.86. The second kappa shape index (κ2) is 9.32. The summed E-state index contributed by atoms with van der Waals surface area (Å²) in [6, 6.07) is 14.9. The van der Waals surface area contributed by atoms with E-state index in [1.807, 2.05) is 62.4 Å². The highest BCUT2D eigenvalue weighted by molar-refractivity contribution is 5.89. The van der Waals surface area contributed by atoms with Gasteiger partial charge in [0.1, 0.15) is 0 Å². The van der Waals surface area contributed by atoms with E-state index in [0.29, 0.717) is 37.6 Å². The van der Waals surface area contributed by atoms with Crippen LogP contribution in [-0.2, 0) is 16.0 Å². The molecule has 4 rings (SSSR count). The van der Waals surface area contributed by atoms with Crippen LogP contribution in [0.25, 0.3) is 10.9 Å². The normalized spacial score (nSPS) is 16.3. The third-order valence-corrected chi connectivity index (χ3v) is 5.35. The van der Waals surface area contributed by atoms with Crippen LogP contribution < -0.4 is 10.9 Å². The molecule has 0 saturated carbocycles. The Kier molecular flexibility index (Phi) is 6.34. The maximum Gasteiger partial charge on any atom is 0.322 e. The fourth-order valence-electron chi connectivity index (χ4n) is 3.89. The average Bonchev–Trinajstić information content (AvgIpc) is 2.76. The molecule has 7 heteroatoms. The van der Waals surface area contributed by atoms with Gasteiger partial charge in [0.25, 0.3) is 5.56 Å². The van der Waals surface area contributed by atoms with Gasteiger partial charge in [-0.15, -0.1) is 0 Å². The van der Waals surface area contributed by atoms with Crippen LogP contribution >= 0.6 is 0 Å². The van der Waals surface area contributed by atoms with Crippen molar-refractivity contribution < 1.29 is 14.3 Å². The minimum absolute atomic E-state index is 0.163. The highest BCUT2D eigenvalue weighted by Gasteiger charge is 2.23. The third kappa shape index (κ3) is 5.13. The molecule has 2 amide bonds. The van der Waals surface area contributed by atoms with Crippen LogP contribution in [0.5, 0.6) is 0 Å². The van der Waals surface area contributed by atoms with Crippen LogP contribution in [0.4, 0.5) is 10.5 Å². The Hall–Kier alpha value is -3.16. The summed E-state index contributed by atoms with van der Waals surface area (Å²) in [4.78, 5) is 30.5. The van der Waals surface area contributed by atoms with E-state index in [0.717, 1.165) is 22.0 Å². The molecular weight excluding hydrogens is 394 g/mol. The SMILES string of the molecule is Cc1cc(C)c2[nH]c(=O)c(CN(C[C@H]3COCCO3)C(=O)Nc3ccccc3)cc2c1. The van der Waals surface area contributed by atoms with Crippen molar-refractivity contribution in [3.63, 3.8) is 0 Å². The number of aryl methyl sites for hydroxylation is 2. The highest BCUT2D eigenvalue weighted by atomic mass is 16.6. The Morgan fingerprint density at radius 3 is 2.71 bits per heavy atom. The number of ether oxygens (including phenoxy) is 2. The van der Waals surface area contributed by atoms with E-state index in [1.54, 1.807) is 4.90 Å². The summed E-state index contributed by atoms with van der Waals surface area (Å²) < 4.78 is 11.2. The number of hydrogen-bond donors (Lipinski definition) is 2. The highest BCUT2D eigenvalue weighted by Crippen LogP contribution is 2.19. The Balaban J connectivity index is 1.62. The molecule has 2 heterocycles. The Bertz CT molecular complexity index is 1120. The first-order valence-electron chi connectivity index (χ1n) is 10.4. The molecule has 0 spiro atoms. The molecule has 2 aromatic carbocycles. The van der Waals surface area contributed by atoms with Crippen LogP contribution in [0.2, 0.25) is 0 Å². The number of rotatable bonds is 5. The lowest BCUT2D eigenvalue weighted by Gasteiger charge is -2.30. The molecule has 7 nitrogen and oxygen atoms in total. The first-order chi connectivity index (χ1) is 15.0. The van der Waals surface area contributed by atoms with Gasteiger partial charge in [-0.1, -0.05) is 29.8 Å². The number of H-pyrrole nitrogens is 1. The smallest absolute Gasteiger partial charge is 0.322 e. The summed E-state index contributed by atoms with van der Waals surface area (Å²) in [6.07, 6.45) is -0.237. The summed E-state index contributed by atoms with van der Waals surface area (Å²) in [7, 11) is 0. The fraction of sp³-hybridized carbons (Fsp3) is 0.333. The van der Waals surface area contributed by atoms with E-state index < -0.39 is 0 Å². The van der Waals surface area contributed by atoms with Crippen LogP contribution in [0.3, 0.4) is 0 Å². The van der Waals surface area contributed by atoms with Gasteiger partial charge in [0.15, 0.2) is 0 Å². The fourth-order valence-corrected chi connectivity index (χ4v) is 3.89. The number of aromatic amines is 1. The van der Waals surface area contributed by atoms with Gasteiger partial charge in [-0.05, 0) is 49.1 Å². The Morgan fingerprint density at radius 1 is 1.16 bits per heavy atom. The summed E-state index contributed by atoms with van der Waals surface area (Å²) in [5.74, 6) is 0. The van der Waals surface area contributed by atoms with Crippen molar-refractivity contribution in [2.24, 2.45) is 0 Å². The number of anilines is 1. The van der Waals surface area contributed by atoms with Crippen LogP contribution in [0, 0.1) is 13.8 Å². The molecule has 2 N–H and O–H groups in total. The predicted molar refractivity (Wildman–Crippen MR) is 120 cm³/mol. The molecule has 1 saturated heterocycles. The molecule has 3 aromatic rings. The van der Waals surface area contributed by atoms with E-state index in [-0.39, 0.29) is 24.2 Å². The number of nitrogens with one attached hydrogen (secondary N) is 2. The monoisotopic (exact) mass is 421 g/mol. The van der Waals surface area contributed by atoms with Crippen molar-refractivity contribution >= 4 is 22.6 Å². The van der Waals surface area contributed by atoms with Gasteiger partial charge in [-0.3, -0.25) is 4.79 Å². The molecule has 31 heavy (non-hydrogen) atoms. The van der Waals surface area contributed by atoms with Crippen molar-refractivity contribution in [2.75, 3.05) is 31.7 Å². The third-order valence-electron chi connectivity index (χ3n) is 5.35. The van der Waals surface area contributed by atoms with Gasteiger partial charge in [0.05, 0.1) is 44.5 Å². The van der Waals surface area contributed by atoms with Gasteiger partial charge in [0, 0.05) is 11.3 Å². The van der Waals surface area contributed by atoms with E-state index in [9.17, 15) is 9.59 Å². The lowest BCUT2D eigenvalue weighted by molar-refractivity contribution is -0.0943. The van der Waals surface area contributed by atoms with Crippen LogP contribution in [0.1, 0.15) is 16.7 Å². The van der Waals surface area contributed by atoms with Gasteiger partial charge in [0.2, 0.25) is 0 Å². The summed E-state index contributed by atoms with van der Waals surface area (Å²) in [5.41, 5.74) is 3.98. The first kappa shape index (κ1) is 21.1. The number of fused-ring (bicyclic) bond motifs is 1. The van der Waals surface area contributed by atoms with Crippen molar-refractivity contribution in [3.05, 3.63) is 75.6 Å². The standard InChI is InChI=1S/C24H27N3O4/c1-16-10-17(2)22-18(11-16)12-19(23(28)26-22)13-27(14-21-15-30-8-9-31-21)24(29)25-20-6-4-3-5-7-20/h3-7,10-12,21H,8-9,13-15H2,1-2H3,(H,25,29)(H,26,28)/t21-/m0/s1. The van der Waals surface area contributed by atoms with Crippen molar-refractivity contribution in [1.29, 1.82) is 0 Å². The zero-order chi connectivity index (χ0) is 21.8. The number of urea groups is 1. The van der Waals surface area contributed by atoms with Crippen LogP contribution in [-0.4, -0.2) is 48.4 Å². The maximum absolute atomic E-state index is 13.1. The lowest BCUT2D eigenvalue weighted by atomic mass is 10.1. The number of carbonyl (C=O) groups excluding carboxylic acids is 1. The van der Waals surface area contributed by atoms with E-state index in [4.69, 9.17) is 9.47 Å². The molecule has 1 aromatic heterocycles. The molecule has 0 radical (unpaired) electrons. The quantitative estimate of drug-likeness (QED) is 0.659. The van der Waals surface area contributed by atoms with Crippen molar-refractivity contribution in [1.82, 2.24) is 9.88 Å². The second-order valence-electron chi connectivity index (χ2n) is 7.91. The van der Waals surface area contributed by atoms with Crippen molar-refractivity contribution in [3.8, 4) is 0 Å². The molecule has 162 valence electrons. The van der Waals surface area contributed by atoms with Crippen molar-refractivity contribution in [2.45, 2.75) is 26.5 Å². The largest absolute Gasteiger partial charge is 0.376 e. The molecular formula is C24H27N3O4. The van der Waals surface area contributed by atoms with E-state index >= 15 is 0 Å². The topological polar surface area (TPSA) is 83.7 Å². The molecule has 1 atom stereocenters. The second-order valence-corrected chi connectivity index (χ2v) is 7.91. The molecule has 1 aliphatic heterocycles. The number of amides is 2. The maximum atomic E-state index is 13.1. The lowest BCUT2D eigenvalue weighted by Crippen LogP contribution is -2.44. The van der Waals surface area contributed by atoms with Gasteiger partial charge in [-0.2, -0.15) is 0 Å². The number of hydrogen-bond acceptors (Lipinski definition) is 4. The Morgan fingerprint density at radius 2 is 1.97 bits per heavy atom. The zero-order valence-electron chi connectivity index (χ0n) is 17.8. The van der Waals surface area contributed by atoms with Gasteiger partial charge < -0.3 is 24.7 Å². The molecule has 0 aliphatic carbocycles. The predicted octanol–water partition coefficient (Wildman–Crippen LogP) is 3.59. The van der Waals surface area contributed by atoms with E-state index in [1.165, 1.54) is 0 Å². The molecule has 1 aliphatic rings. The number of para-hydroxylation sites is 1. The Labute approximate surface area is 181 Å². The average molecular weight is 421 g/mol. The summed E-state index contributed by atoms with van der Waals surface area (Å²) in [6.45, 7) is 5.95. The zero-order valence-corrected chi connectivity index (χ0v) is 17.8. The van der Waals surface area contributed by atoms with Gasteiger partial charge in [-0.25, -0.2) is 4.79 Å². The number of pyridine rings is 1. The minimum atomic E-state index is -0.291. The van der Waals surface area contributed by atoms with Gasteiger partial charge >= 0.3 is 6.03 Å². The molecule has 1 fully saturated rings. The number of aromatic nitrogens is 1. The number of benzene rings is 2. The minimum Gasteiger partial charge on any atom is -0.376 e. The summed E-state index contributed by atoms with van der Waals surface area (Å²) >= 11 is 0. The number of nitrogens with zero attached hydrogens (tertiary/aromatic N) is 1. The van der Waals surface area contributed by atoms with Crippen LogP contribution in [0.15, 0.2) is 53.3 Å².